The summed E-state index contributed by atoms with van der Waals surface area (Å²) in [5.74, 6) is -0.979. The van der Waals surface area contributed by atoms with Crippen LogP contribution in [0.3, 0.4) is 0 Å². The summed E-state index contributed by atoms with van der Waals surface area (Å²) in [5, 5.41) is 0. The fourth-order valence-electron chi connectivity index (χ4n) is 2.09. The Hall–Kier alpha value is -1.94. The van der Waals surface area contributed by atoms with Crippen molar-refractivity contribution in [3.63, 3.8) is 0 Å². The second-order valence-electron chi connectivity index (χ2n) is 5.59. The molecule has 1 rings (SSSR count). The lowest BCUT2D eigenvalue weighted by Crippen LogP contribution is -2.00. The van der Waals surface area contributed by atoms with Gasteiger partial charge in [-0.3, -0.25) is 0 Å². The van der Waals surface area contributed by atoms with Crippen LogP contribution in [0.25, 0.3) is 6.08 Å². The Labute approximate surface area is 148 Å². The molecule has 0 saturated carbocycles. The largest absolute Gasteiger partial charge is 0.463 e. The van der Waals surface area contributed by atoms with Crippen molar-refractivity contribution >= 4 is 23.4 Å². The third-order valence-electron chi connectivity index (χ3n) is 3.62. The van der Waals surface area contributed by atoms with Crippen LogP contribution in [0.2, 0.25) is 0 Å². The molecule has 1 aromatic rings. The Balaban J connectivity index is 2.85. The molecule has 0 N–H and O–H groups in total. The van der Waals surface area contributed by atoms with Crippen LogP contribution < -0.4 is 0 Å². The number of rotatable bonds is 6. The van der Waals surface area contributed by atoms with Gasteiger partial charge in [-0.1, -0.05) is 23.8 Å². The lowest BCUT2D eigenvalue weighted by Gasteiger charge is -1.99. The minimum absolute atomic E-state index is 0.252. The van der Waals surface area contributed by atoms with Gasteiger partial charge < -0.3 is 4.74 Å². The van der Waals surface area contributed by atoms with Crippen LogP contribution in [0.5, 0.6) is 0 Å². The zero-order valence-corrected chi connectivity index (χ0v) is 16.0. The molecule has 0 aliphatic rings. The molecular formula is C20H25FO2S. The number of allylic oxidation sites excluding steroid dienone is 6. The monoisotopic (exact) mass is 348 g/mol. The fraction of sp³-hybridized carbons (Fsp3) is 0.350. The second kappa shape index (κ2) is 9.38. The van der Waals surface area contributed by atoms with E-state index in [9.17, 15) is 9.18 Å². The number of hydrogen-bond donors (Lipinski definition) is 0. The van der Waals surface area contributed by atoms with E-state index in [1.807, 2.05) is 13.0 Å². The minimum atomic E-state index is -0.530. The molecule has 0 atom stereocenters. The molecule has 0 aliphatic heterocycles. The van der Waals surface area contributed by atoms with Gasteiger partial charge >= 0.3 is 5.97 Å². The highest BCUT2D eigenvalue weighted by Gasteiger charge is 2.05. The van der Waals surface area contributed by atoms with E-state index >= 15 is 0 Å². The van der Waals surface area contributed by atoms with Crippen molar-refractivity contribution in [2.45, 2.75) is 41.5 Å². The van der Waals surface area contributed by atoms with Crippen molar-refractivity contribution in [1.29, 1.82) is 0 Å². The maximum absolute atomic E-state index is 14.0. The van der Waals surface area contributed by atoms with Gasteiger partial charge in [0.25, 0.3) is 0 Å². The third-order valence-corrected chi connectivity index (χ3v) is 4.76. The molecule has 0 aliphatic carbocycles. The summed E-state index contributed by atoms with van der Waals surface area (Å²) in [4.78, 5) is 13.9. The van der Waals surface area contributed by atoms with E-state index in [0.717, 1.165) is 11.6 Å². The van der Waals surface area contributed by atoms with Gasteiger partial charge in [-0.2, -0.15) is 0 Å². The molecule has 4 heteroatoms. The van der Waals surface area contributed by atoms with E-state index in [1.165, 1.54) is 27.0 Å². The van der Waals surface area contributed by atoms with Gasteiger partial charge in [0.1, 0.15) is 5.83 Å². The Morgan fingerprint density at radius 3 is 2.38 bits per heavy atom. The number of halogens is 1. The summed E-state index contributed by atoms with van der Waals surface area (Å²) in [6, 6.07) is 0. The maximum Gasteiger partial charge on any atom is 0.331 e. The Kier molecular flexibility index (Phi) is 7.86. The van der Waals surface area contributed by atoms with E-state index in [0.29, 0.717) is 0 Å². The normalized spacial score (nSPS) is 13.7. The van der Waals surface area contributed by atoms with E-state index < -0.39 is 11.8 Å². The average molecular weight is 348 g/mol. The van der Waals surface area contributed by atoms with Crippen molar-refractivity contribution in [3.05, 3.63) is 62.2 Å². The predicted molar refractivity (Wildman–Crippen MR) is 101 cm³/mol. The van der Waals surface area contributed by atoms with Crippen molar-refractivity contribution in [2.24, 2.45) is 0 Å². The molecule has 0 radical (unpaired) electrons. The Morgan fingerprint density at radius 2 is 1.83 bits per heavy atom. The summed E-state index contributed by atoms with van der Waals surface area (Å²) in [5.41, 5.74) is 3.70. The quantitative estimate of drug-likeness (QED) is 0.358. The van der Waals surface area contributed by atoms with Gasteiger partial charge in [0.15, 0.2) is 0 Å². The number of carbonyl (C=O) groups is 1. The number of ether oxygens (including phenoxy) is 1. The van der Waals surface area contributed by atoms with Crippen molar-refractivity contribution in [3.8, 4) is 0 Å². The highest BCUT2D eigenvalue weighted by atomic mass is 32.1. The molecule has 1 heterocycles. The standard InChI is InChI=1S/C20H25FO2S/c1-7-23-20(22)12-14(3)19(21)11-9-13(2)8-10-18-15(4)16(5)24-17(18)6/h8-12H,7H2,1-6H3. The van der Waals surface area contributed by atoms with Crippen LogP contribution in [0, 0.1) is 20.8 Å². The highest BCUT2D eigenvalue weighted by Crippen LogP contribution is 2.27. The van der Waals surface area contributed by atoms with Crippen LogP contribution in [0.4, 0.5) is 4.39 Å². The number of carbonyl (C=O) groups excluding carboxylic acids is 1. The van der Waals surface area contributed by atoms with Gasteiger partial charge in [0, 0.05) is 15.8 Å². The first-order valence-corrected chi connectivity index (χ1v) is 8.72. The molecule has 0 unspecified atom stereocenters. The third kappa shape index (κ3) is 5.93. The fourth-order valence-corrected chi connectivity index (χ4v) is 3.15. The van der Waals surface area contributed by atoms with Gasteiger partial charge in [-0.15, -0.1) is 11.3 Å². The summed E-state index contributed by atoms with van der Waals surface area (Å²) < 4.78 is 18.7. The summed E-state index contributed by atoms with van der Waals surface area (Å²) in [7, 11) is 0. The molecule has 0 saturated heterocycles. The average Bonchev–Trinajstić information content (AvgIpc) is 2.75. The van der Waals surface area contributed by atoms with Crippen LogP contribution in [0.15, 0.2) is 41.3 Å². The topological polar surface area (TPSA) is 26.3 Å². The molecule has 1 aromatic heterocycles. The molecular weight excluding hydrogens is 323 g/mol. The van der Waals surface area contributed by atoms with Crippen LogP contribution in [-0.4, -0.2) is 12.6 Å². The summed E-state index contributed by atoms with van der Waals surface area (Å²) in [6.07, 6.45) is 8.25. The molecule has 130 valence electrons. The first-order chi connectivity index (χ1) is 11.3. The SMILES string of the molecule is CCOC(=O)C=C(C)C(F)=CC=C(C)C=Cc1c(C)sc(C)c1C. The number of hydrogen-bond acceptors (Lipinski definition) is 3. The zero-order chi connectivity index (χ0) is 18.3. The van der Waals surface area contributed by atoms with Gasteiger partial charge in [-0.05, 0) is 64.3 Å². The summed E-state index contributed by atoms with van der Waals surface area (Å²) in [6.45, 7) is 11.8. The van der Waals surface area contributed by atoms with Gasteiger partial charge in [0.2, 0.25) is 0 Å². The lowest BCUT2D eigenvalue weighted by molar-refractivity contribution is -0.137. The van der Waals surface area contributed by atoms with E-state index in [2.05, 4.69) is 26.8 Å². The van der Waals surface area contributed by atoms with E-state index in [-0.39, 0.29) is 12.2 Å². The molecule has 0 aromatic carbocycles. The van der Waals surface area contributed by atoms with Crippen LogP contribution in [0.1, 0.15) is 41.7 Å². The van der Waals surface area contributed by atoms with Crippen molar-refractivity contribution < 1.29 is 13.9 Å². The maximum atomic E-state index is 14.0. The van der Waals surface area contributed by atoms with E-state index in [1.54, 1.807) is 31.3 Å². The van der Waals surface area contributed by atoms with Gasteiger partial charge in [0.05, 0.1) is 6.61 Å². The Morgan fingerprint density at radius 1 is 1.17 bits per heavy atom. The highest BCUT2D eigenvalue weighted by molar-refractivity contribution is 7.12. The molecule has 0 spiro atoms. The first-order valence-electron chi connectivity index (χ1n) is 7.90. The predicted octanol–water partition coefficient (Wildman–Crippen LogP) is 6.00. The number of aryl methyl sites for hydroxylation is 2. The summed E-state index contributed by atoms with van der Waals surface area (Å²) >= 11 is 1.79. The van der Waals surface area contributed by atoms with Crippen LogP contribution >= 0.6 is 11.3 Å². The van der Waals surface area contributed by atoms with Gasteiger partial charge in [-0.25, -0.2) is 9.18 Å². The minimum Gasteiger partial charge on any atom is -0.463 e. The first kappa shape index (κ1) is 20.1. The number of thiophene rings is 1. The van der Waals surface area contributed by atoms with Crippen molar-refractivity contribution in [2.75, 3.05) is 6.61 Å². The molecule has 0 bridgehead atoms. The zero-order valence-electron chi connectivity index (χ0n) is 15.2. The van der Waals surface area contributed by atoms with Crippen molar-refractivity contribution in [1.82, 2.24) is 0 Å². The second-order valence-corrected chi connectivity index (χ2v) is 7.02. The molecule has 0 amide bonds. The number of esters is 1. The molecule has 24 heavy (non-hydrogen) atoms. The molecule has 2 nitrogen and oxygen atoms in total. The lowest BCUT2D eigenvalue weighted by atomic mass is 10.1. The van der Waals surface area contributed by atoms with E-state index in [4.69, 9.17) is 4.74 Å². The smallest absolute Gasteiger partial charge is 0.331 e. The Bertz CT molecular complexity index is 718. The molecule has 0 fully saturated rings. The van der Waals surface area contributed by atoms with Crippen LogP contribution in [-0.2, 0) is 9.53 Å².